The first-order valence-electron chi connectivity index (χ1n) is 17.1. The molecule has 0 N–H and O–H groups in total. The highest BCUT2D eigenvalue weighted by Crippen LogP contribution is 2.22. The highest BCUT2D eigenvalue weighted by Gasteiger charge is 2.06. The molecule has 0 rings (SSSR count). The van der Waals surface area contributed by atoms with Crippen LogP contribution < -0.4 is 0 Å². The van der Waals surface area contributed by atoms with Gasteiger partial charge in [0, 0.05) is 0 Å². The molecular formula is C35H72. The molecule has 3 unspecified atom stereocenters. The third-order valence-corrected chi connectivity index (χ3v) is 8.62. The highest BCUT2D eigenvalue weighted by molar-refractivity contribution is 4.59. The summed E-state index contributed by atoms with van der Waals surface area (Å²) in [5.41, 5.74) is 0. The molecule has 0 heterocycles. The molecule has 0 aliphatic heterocycles. The van der Waals surface area contributed by atoms with Crippen molar-refractivity contribution < 1.29 is 0 Å². The van der Waals surface area contributed by atoms with Gasteiger partial charge in [0.15, 0.2) is 0 Å². The number of rotatable bonds is 29. The molecule has 0 heteroatoms. The molecule has 0 nitrogen and oxygen atoms in total. The SMILES string of the molecule is CCCCCCCCCCCCCCCCC(C)CCCCCCCC(C)CCCC(C)CCC. The van der Waals surface area contributed by atoms with Gasteiger partial charge in [-0.2, -0.15) is 0 Å². The van der Waals surface area contributed by atoms with E-state index >= 15 is 0 Å². The Morgan fingerprint density at radius 3 is 0.829 bits per heavy atom. The van der Waals surface area contributed by atoms with Crippen LogP contribution in [0.1, 0.15) is 208 Å². The van der Waals surface area contributed by atoms with Gasteiger partial charge in [0.25, 0.3) is 0 Å². The zero-order valence-corrected chi connectivity index (χ0v) is 25.8. The van der Waals surface area contributed by atoms with Crippen LogP contribution in [0.4, 0.5) is 0 Å². The minimum absolute atomic E-state index is 0.948. The lowest BCUT2D eigenvalue weighted by Gasteiger charge is -2.14. The average molecular weight is 493 g/mol. The molecule has 0 aliphatic rings. The van der Waals surface area contributed by atoms with Crippen molar-refractivity contribution in [2.75, 3.05) is 0 Å². The van der Waals surface area contributed by atoms with Gasteiger partial charge in [-0.15, -0.1) is 0 Å². The monoisotopic (exact) mass is 493 g/mol. The summed E-state index contributed by atoms with van der Waals surface area (Å²) >= 11 is 0. The Balaban J connectivity index is 3.26. The van der Waals surface area contributed by atoms with Crippen molar-refractivity contribution in [3.05, 3.63) is 0 Å². The topological polar surface area (TPSA) is 0 Å². The van der Waals surface area contributed by atoms with Crippen LogP contribution in [0.15, 0.2) is 0 Å². The second kappa shape index (κ2) is 28.6. The van der Waals surface area contributed by atoms with E-state index < -0.39 is 0 Å². The van der Waals surface area contributed by atoms with Crippen molar-refractivity contribution in [3.8, 4) is 0 Å². The summed E-state index contributed by atoms with van der Waals surface area (Å²) < 4.78 is 0. The normalized spacial score (nSPS) is 14.3. The van der Waals surface area contributed by atoms with E-state index in [1.165, 1.54) is 173 Å². The lowest BCUT2D eigenvalue weighted by molar-refractivity contribution is 0.395. The van der Waals surface area contributed by atoms with Crippen molar-refractivity contribution in [1.29, 1.82) is 0 Å². The fourth-order valence-corrected chi connectivity index (χ4v) is 5.94. The summed E-state index contributed by atoms with van der Waals surface area (Å²) in [4.78, 5) is 0. The molecule has 0 saturated carbocycles. The Labute approximate surface area is 225 Å². The van der Waals surface area contributed by atoms with Crippen molar-refractivity contribution in [1.82, 2.24) is 0 Å². The first kappa shape index (κ1) is 35.0. The van der Waals surface area contributed by atoms with Crippen molar-refractivity contribution in [2.45, 2.75) is 208 Å². The molecule has 0 aliphatic carbocycles. The maximum atomic E-state index is 2.51. The summed E-state index contributed by atoms with van der Waals surface area (Å²) in [5.74, 6) is 2.86. The van der Waals surface area contributed by atoms with E-state index in [2.05, 4.69) is 34.6 Å². The molecule has 0 bridgehead atoms. The maximum Gasteiger partial charge on any atom is -0.0443 e. The van der Waals surface area contributed by atoms with Gasteiger partial charge in [0.05, 0.1) is 0 Å². The summed E-state index contributed by atoms with van der Waals surface area (Å²) in [6.07, 6.45) is 39.6. The van der Waals surface area contributed by atoms with E-state index in [1.807, 2.05) is 0 Å². The van der Waals surface area contributed by atoms with Crippen LogP contribution >= 0.6 is 0 Å². The Kier molecular flexibility index (Phi) is 28.6. The zero-order valence-electron chi connectivity index (χ0n) is 25.8. The number of hydrogen-bond donors (Lipinski definition) is 0. The smallest absolute Gasteiger partial charge is 0.0443 e. The predicted octanol–water partition coefficient (Wildman–Crippen LogP) is 13.5. The Bertz CT molecular complexity index is 372. The highest BCUT2D eigenvalue weighted by atomic mass is 14.1. The van der Waals surface area contributed by atoms with Crippen molar-refractivity contribution >= 4 is 0 Å². The van der Waals surface area contributed by atoms with Crippen LogP contribution in [0.3, 0.4) is 0 Å². The van der Waals surface area contributed by atoms with Crippen LogP contribution in [0.5, 0.6) is 0 Å². The van der Waals surface area contributed by atoms with Gasteiger partial charge in [-0.05, 0) is 17.8 Å². The molecule has 0 aromatic rings. The maximum absolute atomic E-state index is 2.51. The van der Waals surface area contributed by atoms with E-state index in [0.717, 1.165) is 17.8 Å². The molecule has 0 aromatic carbocycles. The molecule has 0 saturated heterocycles. The van der Waals surface area contributed by atoms with Gasteiger partial charge < -0.3 is 0 Å². The Morgan fingerprint density at radius 1 is 0.257 bits per heavy atom. The molecule has 212 valence electrons. The predicted molar refractivity (Wildman–Crippen MR) is 163 cm³/mol. The minimum atomic E-state index is 0.948. The standard InChI is InChI=1S/C35H72/c1-6-8-9-10-11-12-13-14-15-16-17-18-20-23-28-34(4)29-24-21-19-22-25-30-35(5)32-26-31-33(3)27-7-2/h33-35H,6-32H2,1-5H3. The fourth-order valence-electron chi connectivity index (χ4n) is 5.94. The molecule has 0 fully saturated rings. The van der Waals surface area contributed by atoms with Gasteiger partial charge in [0.1, 0.15) is 0 Å². The van der Waals surface area contributed by atoms with E-state index in [0.29, 0.717) is 0 Å². The lowest BCUT2D eigenvalue weighted by atomic mass is 9.92. The van der Waals surface area contributed by atoms with Crippen LogP contribution in [0.25, 0.3) is 0 Å². The largest absolute Gasteiger partial charge is 0.0654 e. The van der Waals surface area contributed by atoms with Gasteiger partial charge in [-0.1, -0.05) is 208 Å². The molecule has 3 atom stereocenters. The Hall–Kier alpha value is 0. The third-order valence-electron chi connectivity index (χ3n) is 8.62. The third kappa shape index (κ3) is 28.4. The quantitative estimate of drug-likeness (QED) is 0.0910. The molecule has 0 radical (unpaired) electrons. The first-order valence-corrected chi connectivity index (χ1v) is 17.1. The first-order chi connectivity index (χ1) is 17.1. The van der Waals surface area contributed by atoms with Crippen LogP contribution in [0, 0.1) is 17.8 Å². The van der Waals surface area contributed by atoms with Crippen molar-refractivity contribution in [3.63, 3.8) is 0 Å². The number of unbranched alkanes of at least 4 members (excludes halogenated alkanes) is 17. The average Bonchev–Trinajstić information content (AvgIpc) is 2.83. The fraction of sp³-hybridized carbons (Fsp3) is 1.00. The molecule has 0 aromatic heterocycles. The number of hydrogen-bond acceptors (Lipinski definition) is 0. The van der Waals surface area contributed by atoms with Gasteiger partial charge in [0.2, 0.25) is 0 Å². The molecule has 0 amide bonds. The zero-order chi connectivity index (χ0) is 25.8. The van der Waals surface area contributed by atoms with E-state index in [-0.39, 0.29) is 0 Å². The second-order valence-electron chi connectivity index (χ2n) is 12.8. The molecular weight excluding hydrogens is 420 g/mol. The van der Waals surface area contributed by atoms with Gasteiger partial charge >= 0.3 is 0 Å². The van der Waals surface area contributed by atoms with Gasteiger partial charge in [-0.25, -0.2) is 0 Å². The van der Waals surface area contributed by atoms with Gasteiger partial charge in [-0.3, -0.25) is 0 Å². The van der Waals surface area contributed by atoms with Crippen LogP contribution in [-0.2, 0) is 0 Å². The summed E-state index contributed by atoms with van der Waals surface area (Å²) in [6, 6.07) is 0. The van der Waals surface area contributed by atoms with E-state index in [9.17, 15) is 0 Å². The van der Waals surface area contributed by atoms with Crippen LogP contribution in [-0.4, -0.2) is 0 Å². The van der Waals surface area contributed by atoms with Crippen LogP contribution in [0.2, 0.25) is 0 Å². The summed E-state index contributed by atoms with van der Waals surface area (Å²) in [7, 11) is 0. The lowest BCUT2D eigenvalue weighted by Crippen LogP contribution is -1.99. The molecule has 0 spiro atoms. The van der Waals surface area contributed by atoms with E-state index in [4.69, 9.17) is 0 Å². The second-order valence-corrected chi connectivity index (χ2v) is 12.8. The Morgan fingerprint density at radius 2 is 0.514 bits per heavy atom. The minimum Gasteiger partial charge on any atom is -0.0654 e. The summed E-state index contributed by atoms with van der Waals surface area (Å²) in [5, 5.41) is 0. The molecule has 35 heavy (non-hydrogen) atoms. The van der Waals surface area contributed by atoms with Crippen molar-refractivity contribution in [2.24, 2.45) is 17.8 Å². The van der Waals surface area contributed by atoms with E-state index in [1.54, 1.807) is 0 Å². The summed E-state index contributed by atoms with van der Waals surface area (Å²) in [6.45, 7) is 12.1.